The second-order valence-electron chi connectivity index (χ2n) is 8.03. The van der Waals surface area contributed by atoms with Crippen molar-refractivity contribution in [3.05, 3.63) is 124 Å². The maximum Gasteiger partial charge on any atom is 0.264 e. The van der Waals surface area contributed by atoms with Crippen molar-refractivity contribution in [2.75, 3.05) is 9.62 Å². The van der Waals surface area contributed by atoms with Crippen LogP contribution in [0.5, 0.6) is 0 Å². The lowest BCUT2D eigenvalue weighted by Crippen LogP contribution is -2.31. The van der Waals surface area contributed by atoms with E-state index in [4.69, 9.17) is 11.6 Å². The van der Waals surface area contributed by atoms with Crippen LogP contribution in [0.25, 0.3) is 0 Å². The zero-order chi connectivity index (χ0) is 25.9. The van der Waals surface area contributed by atoms with E-state index < -0.39 is 27.6 Å². The average Bonchev–Trinajstić information content (AvgIpc) is 2.86. The molecule has 1 N–H and O–H groups in total. The van der Waals surface area contributed by atoms with Crippen molar-refractivity contribution in [3.63, 3.8) is 0 Å². The van der Waals surface area contributed by atoms with Gasteiger partial charge >= 0.3 is 0 Å². The van der Waals surface area contributed by atoms with Crippen molar-refractivity contribution < 1.29 is 22.0 Å². The number of anilines is 2. The summed E-state index contributed by atoms with van der Waals surface area (Å²) in [7, 11) is -3.94. The first kappa shape index (κ1) is 25.3. The molecule has 0 unspecified atom stereocenters. The highest BCUT2D eigenvalue weighted by Crippen LogP contribution is 2.31. The molecule has 0 saturated carbocycles. The normalized spacial score (nSPS) is 11.2. The number of halogens is 3. The largest absolute Gasteiger partial charge is 0.319 e. The van der Waals surface area contributed by atoms with Gasteiger partial charge in [0, 0.05) is 16.7 Å². The topological polar surface area (TPSA) is 66.5 Å². The minimum absolute atomic E-state index is 0.0209. The van der Waals surface area contributed by atoms with Crippen molar-refractivity contribution in [2.24, 2.45) is 0 Å². The minimum atomic E-state index is -3.94. The molecule has 4 aromatic carbocycles. The van der Waals surface area contributed by atoms with Crippen molar-refractivity contribution >= 4 is 38.9 Å². The predicted molar refractivity (Wildman–Crippen MR) is 137 cm³/mol. The molecule has 4 rings (SSSR count). The van der Waals surface area contributed by atoms with E-state index >= 15 is 0 Å². The Bertz CT molecular complexity index is 1510. The Morgan fingerprint density at radius 2 is 1.61 bits per heavy atom. The van der Waals surface area contributed by atoms with Crippen LogP contribution in [0.4, 0.5) is 20.2 Å². The number of sulfonamides is 1. The number of rotatable bonds is 7. The van der Waals surface area contributed by atoms with E-state index in [1.807, 2.05) is 0 Å². The van der Waals surface area contributed by atoms with Crippen molar-refractivity contribution in [1.82, 2.24) is 0 Å². The van der Waals surface area contributed by atoms with Crippen LogP contribution in [0.2, 0.25) is 5.02 Å². The zero-order valence-corrected chi connectivity index (χ0v) is 20.7. The summed E-state index contributed by atoms with van der Waals surface area (Å²) in [4.78, 5) is 12.7. The van der Waals surface area contributed by atoms with Crippen LogP contribution < -0.4 is 9.62 Å². The summed E-state index contributed by atoms with van der Waals surface area (Å²) in [6.45, 7) is 1.77. The highest BCUT2D eigenvalue weighted by Gasteiger charge is 2.26. The number of amides is 1. The fourth-order valence-electron chi connectivity index (χ4n) is 3.58. The number of aryl methyl sites for hydroxylation is 1. The minimum Gasteiger partial charge on any atom is -0.319 e. The van der Waals surface area contributed by atoms with E-state index in [9.17, 15) is 22.0 Å². The summed E-state index contributed by atoms with van der Waals surface area (Å²) in [6, 6.07) is 22.2. The van der Waals surface area contributed by atoms with E-state index in [0.29, 0.717) is 22.3 Å². The Morgan fingerprint density at radius 1 is 0.917 bits per heavy atom. The maximum atomic E-state index is 13.9. The molecule has 0 saturated heterocycles. The summed E-state index contributed by atoms with van der Waals surface area (Å²) in [6.07, 6.45) is 0. The summed E-state index contributed by atoms with van der Waals surface area (Å²) in [5.74, 6) is -2.23. The number of hydrogen-bond acceptors (Lipinski definition) is 3. The standard InChI is InChI=1S/C27H21ClF2N2O3S/c1-18-7-12-21(28)15-26(18)32(36(34,35)23-5-3-2-4-6-23)17-19-8-10-20(11-9-19)27(33)31-25-14-13-22(29)16-24(25)30/h2-16H,17H2,1H3,(H,31,33). The van der Waals surface area contributed by atoms with Crippen molar-refractivity contribution in [1.29, 1.82) is 0 Å². The van der Waals surface area contributed by atoms with Gasteiger partial charge in [0.05, 0.1) is 22.8 Å². The van der Waals surface area contributed by atoms with Crippen LogP contribution in [0.3, 0.4) is 0 Å². The van der Waals surface area contributed by atoms with Crippen LogP contribution in [0, 0.1) is 18.6 Å². The molecule has 0 aliphatic carbocycles. The average molecular weight is 527 g/mol. The molecule has 0 aliphatic heterocycles. The SMILES string of the molecule is Cc1ccc(Cl)cc1N(Cc1ccc(C(=O)Nc2ccc(F)cc2F)cc1)S(=O)(=O)c1ccccc1. The molecular formula is C27H21ClF2N2O3S. The van der Waals surface area contributed by atoms with Gasteiger partial charge in [-0.3, -0.25) is 9.10 Å². The highest BCUT2D eigenvalue weighted by molar-refractivity contribution is 7.92. The lowest BCUT2D eigenvalue weighted by atomic mass is 10.1. The third-order valence-corrected chi connectivity index (χ3v) is 7.50. The van der Waals surface area contributed by atoms with Gasteiger partial charge in [0.15, 0.2) is 0 Å². The molecule has 0 aromatic heterocycles. The first-order chi connectivity index (χ1) is 17.1. The fourth-order valence-corrected chi connectivity index (χ4v) is 5.28. The van der Waals surface area contributed by atoms with Crippen LogP contribution in [-0.2, 0) is 16.6 Å². The lowest BCUT2D eigenvalue weighted by molar-refractivity contribution is 0.102. The van der Waals surface area contributed by atoms with Gasteiger partial charge in [-0.1, -0.05) is 48.0 Å². The molecule has 5 nitrogen and oxygen atoms in total. The van der Waals surface area contributed by atoms with Crippen LogP contribution in [0.15, 0.2) is 95.9 Å². The molecule has 4 aromatic rings. The number of carbonyl (C=O) groups excluding carboxylic acids is 1. The van der Waals surface area contributed by atoms with Gasteiger partial charge in [-0.2, -0.15) is 0 Å². The molecule has 0 heterocycles. The van der Waals surface area contributed by atoms with Gasteiger partial charge in [-0.25, -0.2) is 17.2 Å². The monoisotopic (exact) mass is 526 g/mol. The quantitative estimate of drug-likeness (QED) is 0.296. The fraction of sp³-hybridized carbons (Fsp3) is 0.0741. The van der Waals surface area contributed by atoms with Crippen LogP contribution >= 0.6 is 11.6 Å². The van der Waals surface area contributed by atoms with E-state index in [1.54, 1.807) is 55.5 Å². The Hall–Kier alpha value is -3.75. The van der Waals surface area contributed by atoms with Gasteiger partial charge in [-0.05, 0) is 66.6 Å². The third kappa shape index (κ3) is 5.56. The molecule has 0 radical (unpaired) electrons. The molecular weight excluding hydrogens is 506 g/mol. The number of hydrogen-bond donors (Lipinski definition) is 1. The van der Waals surface area contributed by atoms with E-state index in [2.05, 4.69) is 5.32 Å². The molecule has 0 aliphatic rings. The molecule has 0 bridgehead atoms. The molecule has 1 amide bonds. The van der Waals surface area contributed by atoms with E-state index in [1.165, 1.54) is 28.6 Å². The maximum absolute atomic E-state index is 13.9. The summed E-state index contributed by atoms with van der Waals surface area (Å²) in [5, 5.41) is 2.79. The first-order valence-electron chi connectivity index (χ1n) is 10.8. The smallest absolute Gasteiger partial charge is 0.264 e. The van der Waals surface area contributed by atoms with Gasteiger partial charge in [0.2, 0.25) is 0 Å². The van der Waals surface area contributed by atoms with E-state index in [-0.39, 0.29) is 22.7 Å². The molecule has 0 atom stereocenters. The van der Waals surface area contributed by atoms with E-state index in [0.717, 1.165) is 17.7 Å². The Kier molecular flexibility index (Phi) is 7.37. The van der Waals surface area contributed by atoms with Crippen LogP contribution in [0.1, 0.15) is 21.5 Å². The number of nitrogens with zero attached hydrogens (tertiary/aromatic N) is 1. The lowest BCUT2D eigenvalue weighted by Gasteiger charge is -2.26. The van der Waals surface area contributed by atoms with Crippen molar-refractivity contribution in [3.8, 4) is 0 Å². The number of benzene rings is 4. The van der Waals surface area contributed by atoms with Gasteiger partial charge in [0.1, 0.15) is 11.6 Å². The summed E-state index contributed by atoms with van der Waals surface area (Å²) in [5.41, 5.74) is 1.83. The highest BCUT2D eigenvalue weighted by atomic mass is 35.5. The predicted octanol–water partition coefficient (Wildman–Crippen LogP) is 6.57. The summed E-state index contributed by atoms with van der Waals surface area (Å²) >= 11 is 6.19. The molecule has 36 heavy (non-hydrogen) atoms. The van der Waals surface area contributed by atoms with Crippen LogP contribution in [-0.4, -0.2) is 14.3 Å². The second-order valence-corrected chi connectivity index (χ2v) is 10.3. The third-order valence-electron chi connectivity index (χ3n) is 5.49. The second kappa shape index (κ2) is 10.5. The Labute approximate surface area is 213 Å². The zero-order valence-electron chi connectivity index (χ0n) is 19.1. The Balaban J connectivity index is 1.63. The van der Waals surface area contributed by atoms with Crippen molar-refractivity contribution in [2.45, 2.75) is 18.4 Å². The van der Waals surface area contributed by atoms with Gasteiger partial charge < -0.3 is 5.32 Å². The van der Waals surface area contributed by atoms with Gasteiger partial charge in [0.25, 0.3) is 15.9 Å². The molecule has 184 valence electrons. The molecule has 0 spiro atoms. The first-order valence-corrected chi connectivity index (χ1v) is 12.7. The van der Waals surface area contributed by atoms with Gasteiger partial charge in [-0.15, -0.1) is 0 Å². The molecule has 0 fully saturated rings. The molecule has 9 heteroatoms. The summed E-state index contributed by atoms with van der Waals surface area (Å²) < 4.78 is 55.4. The number of carbonyl (C=O) groups is 1. The Morgan fingerprint density at radius 3 is 2.28 bits per heavy atom. The number of nitrogens with one attached hydrogen (secondary N) is 1.